The minimum absolute atomic E-state index is 0.00243. The predicted octanol–water partition coefficient (Wildman–Crippen LogP) is 13.5. The molecule has 306 valence electrons. The number of nitrogens with zero attached hydrogens (tertiary/aromatic N) is 1. The van der Waals surface area contributed by atoms with E-state index in [0.29, 0.717) is 24.9 Å². The lowest BCUT2D eigenvalue weighted by atomic mass is 10.1. The summed E-state index contributed by atoms with van der Waals surface area (Å²) in [6.45, 7) is 11.4. The van der Waals surface area contributed by atoms with Crippen molar-refractivity contribution in [3.63, 3.8) is 0 Å². The van der Waals surface area contributed by atoms with Crippen molar-refractivity contribution in [2.75, 3.05) is 52.6 Å². The minimum Gasteiger partial charge on any atom is -0.470 e. The van der Waals surface area contributed by atoms with Crippen molar-refractivity contribution in [2.24, 2.45) is 0 Å². The van der Waals surface area contributed by atoms with Crippen LogP contribution in [0.15, 0.2) is 24.3 Å². The number of ether oxygens (including phenoxy) is 3. The summed E-state index contributed by atoms with van der Waals surface area (Å²) in [7, 11) is 0. The van der Waals surface area contributed by atoms with Crippen LogP contribution >= 0.6 is 12.2 Å². The zero-order valence-corrected chi connectivity index (χ0v) is 35.7. The molecule has 0 aromatic rings. The van der Waals surface area contributed by atoms with Crippen LogP contribution in [0.2, 0.25) is 0 Å². The highest BCUT2D eigenvalue weighted by Gasteiger charge is 2.13. The molecule has 1 unspecified atom stereocenters. The molecule has 0 amide bonds. The van der Waals surface area contributed by atoms with Gasteiger partial charge >= 0.3 is 0 Å². The first-order valence-corrected chi connectivity index (χ1v) is 23.3. The van der Waals surface area contributed by atoms with Gasteiger partial charge in [-0.2, -0.15) is 0 Å². The largest absolute Gasteiger partial charge is 0.470 e. The molecule has 0 spiro atoms. The highest BCUT2D eigenvalue weighted by atomic mass is 32.1. The van der Waals surface area contributed by atoms with Crippen LogP contribution in [0.3, 0.4) is 0 Å². The molecule has 1 N–H and O–H groups in total. The summed E-state index contributed by atoms with van der Waals surface area (Å²) >= 11 is 5.47. The third-order valence-electron chi connectivity index (χ3n) is 10.4. The molecular formula is C46H88N2O3S. The fraction of sp³-hybridized carbons (Fsp3) is 0.891. The second-order valence-corrected chi connectivity index (χ2v) is 15.9. The molecule has 0 aliphatic carbocycles. The molecule has 0 aromatic carbocycles. The Labute approximate surface area is 330 Å². The molecule has 1 fully saturated rings. The molecule has 0 saturated carbocycles. The van der Waals surface area contributed by atoms with Gasteiger partial charge in [0.05, 0.1) is 12.7 Å². The third kappa shape index (κ3) is 36.0. The van der Waals surface area contributed by atoms with Gasteiger partial charge in [0.2, 0.25) is 0 Å². The number of allylic oxidation sites excluding steroid dienone is 4. The van der Waals surface area contributed by atoms with Crippen LogP contribution in [0, 0.1) is 0 Å². The number of hydrogen-bond donors (Lipinski definition) is 1. The van der Waals surface area contributed by atoms with Gasteiger partial charge in [0.25, 0.3) is 5.17 Å². The molecule has 5 nitrogen and oxygen atoms in total. The molecule has 1 rings (SSSR count). The van der Waals surface area contributed by atoms with E-state index in [4.69, 9.17) is 26.4 Å². The first-order chi connectivity index (χ1) is 25.8. The molecule has 0 radical (unpaired) electrons. The molecule has 1 aliphatic rings. The Bertz CT molecular complexity index is 786. The number of thiocarbonyl (C=S) groups is 1. The highest BCUT2D eigenvalue weighted by Crippen LogP contribution is 2.12. The Morgan fingerprint density at radius 3 is 1.46 bits per heavy atom. The van der Waals surface area contributed by atoms with E-state index in [1.165, 1.54) is 193 Å². The molecule has 52 heavy (non-hydrogen) atoms. The summed E-state index contributed by atoms with van der Waals surface area (Å²) in [5.74, 6) is 0. The molecule has 0 aromatic heterocycles. The number of hydrogen-bond acceptors (Lipinski definition) is 5. The fourth-order valence-corrected chi connectivity index (χ4v) is 7.12. The Morgan fingerprint density at radius 1 is 0.558 bits per heavy atom. The summed E-state index contributed by atoms with van der Waals surface area (Å²) in [4.78, 5) is 2.45. The van der Waals surface area contributed by atoms with Gasteiger partial charge in [0.1, 0.15) is 6.61 Å². The predicted molar refractivity (Wildman–Crippen MR) is 232 cm³/mol. The van der Waals surface area contributed by atoms with Gasteiger partial charge in [-0.25, -0.2) is 0 Å². The Hall–Kier alpha value is -0.950. The van der Waals surface area contributed by atoms with E-state index in [-0.39, 0.29) is 6.10 Å². The first kappa shape index (κ1) is 49.1. The van der Waals surface area contributed by atoms with Gasteiger partial charge in [0.15, 0.2) is 0 Å². The zero-order valence-electron chi connectivity index (χ0n) is 34.8. The third-order valence-corrected chi connectivity index (χ3v) is 10.7. The van der Waals surface area contributed by atoms with Crippen molar-refractivity contribution >= 4 is 17.4 Å². The van der Waals surface area contributed by atoms with Crippen LogP contribution in [0.25, 0.3) is 0 Å². The maximum absolute atomic E-state index is 6.30. The minimum atomic E-state index is -0.00243. The number of unbranched alkanes of at least 4 members (excludes halogenated alkanes) is 24. The van der Waals surface area contributed by atoms with Crippen LogP contribution < -0.4 is 5.32 Å². The van der Waals surface area contributed by atoms with Crippen molar-refractivity contribution in [2.45, 2.75) is 213 Å². The average molecular weight is 749 g/mol. The van der Waals surface area contributed by atoms with Crippen molar-refractivity contribution in [1.82, 2.24) is 10.2 Å². The Morgan fingerprint density at radius 2 is 0.981 bits per heavy atom. The topological polar surface area (TPSA) is 43.0 Å². The molecule has 6 heteroatoms. The lowest BCUT2D eigenvalue weighted by Crippen LogP contribution is -2.37. The van der Waals surface area contributed by atoms with Gasteiger partial charge in [-0.05, 0) is 102 Å². The van der Waals surface area contributed by atoms with Crippen LogP contribution in [-0.4, -0.2) is 68.8 Å². The summed E-state index contributed by atoms with van der Waals surface area (Å²) in [5, 5.41) is 3.78. The standard InChI is InChI=1S/C46H88N2O3S/c1-3-5-7-9-11-13-15-17-19-21-23-25-27-29-31-35-40-49-44-45(43-47-46(52)51-42-39-48-37-33-34-38-48)50-41-36-32-30-28-26-24-22-20-18-16-14-12-10-8-6-4-2/h17-20,45H,3-16,21-44H2,1-2H3,(H,47,52)/b19-17-,20-18-. The van der Waals surface area contributed by atoms with Crippen LogP contribution in [0.5, 0.6) is 0 Å². The van der Waals surface area contributed by atoms with Crippen molar-refractivity contribution in [3.05, 3.63) is 24.3 Å². The second kappa shape index (κ2) is 41.2. The van der Waals surface area contributed by atoms with Crippen LogP contribution in [0.4, 0.5) is 0 Å². The van der Waals surface area contributed by atoms with Crippen molar-refractivity contribution in [3.8, 4) is 0 Å². The fourth-order valence-electron chi connectivity index (χ4n) is 6.95. The maximum atomic E-state index is 6.30. The summed E-state index contributed by atoms with van der Waals surface area (Å²) in [5.41, 5.74) is 0. The molecular weight excluding hydrogens is 661 g/mol. The van der Waals surface area contributed by atoms with E-state index in [0.717, 1.165) is 32.6 Å². The van der Waals surface area contributed by atoms with E-state index in [9.17, 15) is 0 Å². The SMILES string of the molecule is CCCCCCCC/C=C\CCCCCCCCOCC(CNC(=S)OCCN1CCCC1)OCCCCCCCC/C=C\CCCCCCCC. The van der Waals surface area contributed by atoms with Gasteiger partial charge in [-0.15, -0.1) is 0 Å². The quantitative estimate of drug-likeness (QED) is 0.0382. The average Bonchev–Trinajstić information content (AvgIpc) is 3.68. The van der Waals surface area contributed by atoms with E-state index in [1.54, 1.807) is 0 Å². The summed E-state index contributed by atoms with van der Waals surface area (Å²) < 4.78 is 18.2. The number of rotatable bonds is 40. The number of likely N-dealkylation sites (tertiary alicyclic amines) is 1. The van der Waals surface area contributed by atoms with Crippen LogP contribution in [0.1, 0.15) is 206 Å². The molecule has 1 saturated heterocycles. The van der Waals surface area contributed by atoms with E-state index >= 15 is 0 Å². The molecule has 0 bridgehead atoms. The van der Waals surface area contributed by atoms with Gasteiger partial charge in [-0.3, -0.25) is 4.90 Å². The number of nitrogens with one attached hydrogen (secondary N) is 1. The summed E-state index contributed by atoms with van der Waals surface area (Å²) in [6, 6.07) is 0. The highest BCUT2D eigenvalue weighted by molar-refractivity contribution is 7.80. The van der Waals surface area contributed by atoms with Crippen molar-refractivity contribution < 1.29 is 14.2 Å². The molecule has 1 aliphatic heterocycles. The van der Waals surface area contributed by atoms with E-state index < -0.39 is 0 Å². The van der Waals surface area contributed by atoms with Crippen molar-refractivity contribution in [1.29, 1.82) is 0 Å². The lowest BCUT2D eigenvalue weighted by Gasteiger charge is -2.20. The summed E-state index contributed by atoms with van der Waals surface area (Å²) in [6.07, 6.45) is 49.3. The molecule has 1 heterocycles. The molecule has 1 atom stereocenters. The van der Waals surface area contributed by atoms with E-state index in [1.807, 2.05) is 0 Å². The first-order valence-electron chi connectivity index (χ1n) is 22.9. The van der Waals surface area contributed by atoms with E-state index in [2.05, 4.69) is 48.4 Å². The maximum Gasteiger partial charge on any atom is 0.256 e. The smallest absolute Gasteiger partial charge is 0.256 e. The van der Waals surface area contributed by atoms with Gasteiger partial charge < -0.3 is 19.5 Å². The Balaban J connectivity index is 2.10. The normalized spacial score (nSPS) is 14.3. The monoisotopic (exact) mass is 749 g/mol. The second-order valence-electron chi connectivity index (χ2n) is 15.5. The van der Waals surface area contributed by atoms with Gasteiger partial charge in [-0.1, -0.05) is 154 Å². The van der Waals surface area contributed by atoms with Crippen LogP contribution in [-0.2, 0) is 14.2 Å². The lowest BCUT2D eigenvalue weighted by molar-refractivity contribution is -0.0161. The van der Waals surface area contributed by atoms with Gasteiger partial charge in [0, 0.05) is 26.3 Å². The Kier molecular flexibility index (Phi) is 38.9. The zero-order chi connectivity index (χ0) is 37.3.